The Balaban J connectivity index is 0.00000144. The van der Waals surface area contributed by atoms with E-state index in [1.54, 1.807) is 11.6 Å². The summed E-state index contributed by atoms with van der Waals surface area (Å²) in [5.74, 6) is -0.113. The molecule has 0 atom stereocenters. The summed E-state index contributed by atoms with van der Waals surface area (Å²) in [5, 5.41) is 2.30. The average Bonchev–Trinajstić information content (AvgIpc) is 2.37. The number of rotatable bonds is 1. The highest BCUT2D eigenvalue weighted by atomic mass is 35.5. The van der Waals surface area contributed by atoms with Gasteiger partial charge in [0.2, 0.25) is 11.1 Å². The van der Waals surface area contributed by atoms with Crippen molar-refractivity contribution in [3.8, 4) is 0 Å². The van der Waals surface area contributed by atoms with E-state index in [2.05, 4.69) is 15.0 Å². The first-order valence-electron chi connectivity index (χ1n) is 3.02. The van der Waals surface area contributed by atoms with Gasteiger partial charge in [-0.05, 0) is 0 Å². The zero-order chi connectivity index (χ0) is 8.97. The minimum Gasteiger partial charge on any atom is -0.370 e. The van der Waals surface area contributed by atoms with E-state index < -0.39 is 0 Å². The van der Waals surface area contributed by atoms with Crippen molar-refractivity contribution in [1.29, 1.82) is 0 Å². The van der Waals surface area contributed by atoms with E-state index in [-0.39, 0.29) is 24.3 Å². The summed E-state index contributed by atoms with van der Waals surface area (Å²) >= 11 is 1.35. The van der Waals surface area contributed by atoms with Crippen LogP contribution in [0.3, 0.4) is 0 Å². The Kier molecular flexibility index (Phi) is 4.78. The molecule has 0 aromatic carbocycles. The van der Waals surface area contributed by atoms with Crippen LogP contribution in [0.5, 0.6) is 0 Å². The Morgan fingerprint density at radius 2 is 2.08 bits per heavy atom. The van der Waals surface area contributed by atoms with Gasteiger partial charge in [-0.3, -0.25) is 0 Å². The van der Waals surface area contributed by atoms with E-state index in [1.807, 2.05) is 0 Å². The SMILES string of the molecule is Cl.NC(N)=NC(N)=Nc1nccs1. The molecule has 0 spiro atoms. The Bertz CT molecular complexity index is 301. The quantitative estimate of drug-likeness (QED) is 0.448. The summed E-state index contributed by atoms with van der Waals surface area (Å²) in [5.41, 5.74) is 15.5. The molecule has 0 bridgehead atoms. The van der Waals surface area contributed by atoms with Gasteiger partial charge in [0.1, 0.15) is 0 Å². The van der Waals surface area contributed by atoms with Crippen LogP contribution in [-0.2, 0) is 0 Å². The monoisotopic (exact) mass is 220 g/mol. The van der Waals surface area contributed by atoms with Crippen molar-refractivity contribution in [3.05, 3.63) is 11.6 Å². The van der Waals surface area contributed by atoms with E-state index in [1.165, 1.54) is 11.3 Å². The molecule has 1 aromatic rings. The highest BCUT2D eigenvalue weighted by molar-refractivity contribution is 7.13. The lowest BCUT2D eigenvalue weighted by molar-refractivity contribution is 1.32. The van der Waals surface area contributed by atoms with Gasteiger partial charge in [0.25, 0.3) is 0 Å². The zero-order valence-corrected chi connectivity index (χ0v) is 8.18. The molecule has 13 heavy (non-hydrogen) atoms. The van der Waals surface area contributed by atoms with Gasteiger partial charge in [-0.1, -0.05) is 0 Å². The molecule has 0 radical (unpaired) electrons. The van der Waals surface area contributed by atoms with E-state index in [0.29, 0.717) is 5.13 Å². The summed E-state index contributed by atoms with van der Waals surface area (Å²) < 4.78 is 0. The summed E-state index contributed by atoms with van der Waals surface area (Å²) in [6.45, 7) is 0. The third kappa shape index (κ3) is 4.28. The predicted octanol–water partition coefficient (Wildman–Crippen LogP) is -0.215. The smallest absolute Gasteiger partial charge is 0.225 e. The van der Waals surface area contributed by atoms with E-state index in [0.717, 1.165) is 0 Å². The normalized spacial score (nSPS) is 10.3. The maximum Gasteiger partial charge on any atom is 0.225 e. The van der Waals surface area contributed by atoms with Crippen LogP contribution < -0.4 is 17.2 Å². The van der Waals surface area contributed by atoms with Gasteiger partial charge < -0.3 is 17.2 Å². The number of aliphatic imine (C=N–C) groups is 2. The summed E-state index contributed by atoms with van der Waals surface area (Å²) in [4.78, 5) is 11.2. The zero-order valence-electron chi connectivity index (χ0n) is 6.54. The van der Waals surface area contributed by atoms with Crippen LogP contribution in [0, 0.1) is 0 Å². The van der Waals surface area contributed by atoms with Crippen LogP contribution >= 0.6 is 23.7 Å². The standard InChI is InChI=1S/C5H8N6S.ClH/c6-3(7)10-4(8)11-5-9-1-2-12-5;/h1-2H,(H6,6,7,8,9,10,11);1H. The van der Waals surface area contributed by atoms with Crippen LogP contribution in [0.4, 0.5) is 5.13 Å². The second-order valence-electron chi connectivity index (χ2n) is 1.82. The summed E-state index contributed by atoms with van der Waals surface area (Å²) in [7, 11) is 0. The van der Waals surface area contributed by atoms with Gasteiger partial charge >= 0.3 is 0 Å². The Hall–Kier alpha value is -1.34. The number of aromatic nitrogens is 1. The lowest BCUT2D eigenvalue weighted by Gasteiger charge is -1.90. The lowest BCUT2D eigenvalue weighted by Crippen LogP contribution is -2.26. The van der Waals surface area contributed by atoms with E-state index >= 15 is 0 Å². The van der Waals surface area contributed by atoms with E-state index in [9.17, 15) is 0 Å². The van der Waals surface area contributed by atoms with Crippen molar-refractivity contribution in [1.82, 2.24) is 4.98 Å². The summed E-state index contributed by atoms with van der Waals surface area (Å²) in [6, 6.07) is 0. The number of guanidine groups is 2. The molecular formula is C5H9ClN6S. The second-order valence-corrected chi connectivity index (χ2v) is 2.69. The van der Waals surface area contributed by atoms with Crippen molar-refractivity contribution in [2.24, 2.45) is 27.2 Å². The highest BCUT2D eigenvalue weighted by Crippen LogP contribution is 2.13. The van der Waals surface area contributed by atoms with Gasteiger partial charge in [-0.25, -0.2) is 4.98 Å². The van der Waals surface area contributed by atoms with Crippen molar-refractivity contribution in [2.45, 2.75) is 0 Å². The molecular weight excluding hydrogens is 212 g/mol. The Morgan fingerprint density at radius 3 is 2.54 bits per heavy atom. The minimum atomic E-state index is -0.118. The fraction of sp³-hybridized carbons (Fsp3) is 0. The van der Waals surface area contributed by atoms with Crippen LogP contribution in [0.1, 0.15) is 0 Å². The molecule has 0 aliphatic rings. The number of nitrogens with two attached hydrogens (primary N) is 3. The minimum absolute atomic E-state index is 0. The molecule has 1 aromatic heterocycles. The first-order valence-corrected chi connectivity index (χ1v) is 3.90. The first-order chi connectivity index (χ1) is 5.68. The fourth-order valence-electron chi connectivity index (χ4n) is 0.526. The van der Waals surface area contributed by atoms with Crippen LogP contribution in [0.25, 0.3) is 0 Å². The van der Waals surface area contributed by atoms with Gasteiger partial charge in [0.05, 0.1) is 0 Å². The third-order valence-corrected chi connectivity index (χ3v) is 1.54. The predicted molar refractivity (Wildman–Crippen MR) is 56.5 cm³/mol. The average molecular weight is 221 g/mol. The topological polar surface area (TPSA) is 116 Å². The van der Waals surface area contributed by atoms with Crippen molar-refractivity contribution in [3.63, 3.8) is 0 Å². The van der Waals surface area contributed by atoms with Crippen LogP contribution in [0.15, 0.2) is 21.6 Å². The lowest BCUT2D eigenvalue weighted by atomic mass is 10.9. The molecule has 0 unspecified atom stereocenters. The van der Waals surface area contributed by atoms with Crippen LogP contribution in [-0.4, -0.2) is 16.9 Å². The molecule has 0 fully saturated rings. The fourth-order valence-corrected chi connectivity index (χ4v) is 1.04. The molecule has 8 heteroatoms. The third-order valence-electron chi connectivity index (χ3n) is 0.873. The molecule has 1 rings (SSSR count). The summed E-state index contributed by atoms with van der Waals surface area (Å²) in [6.07, 6.45) is 1.62. The number of halogens is 1. The second kappa shape index (κ2) is 5.33. The first kappa shape index (κ1) is 11.7. The molecule has 72 valence electrons. The van der Waals surface area contributed by atoms with Gasteiger partial charge in [0, 0.05) is 11.6 Å². The van der Waals surface area contributed by atoms with Gasteiger partial charge in [-0.15, -0.1) is 23.7 Å². The molecule has 6 N–H and O–H groups in total. The molecule has 6 nitrogen and oxygen atoms in total. The largest absolute Gasteiger partial charge is 0.370 e. The van der Waals surface area contributed by atoms with E-state index in [4.69, 9.17) is 17.2 Å². The molecule has 0 saturated carbocycles. The maximum absolute atomic E-state index is 5.34. The van der Waals surface area contributed by atoms with Gasteiger partial charge in [0.15, 0.2) is 5.96 Å². The Labute approximate surface area is 85.0 Å². The van der Waals surface area contributed by atoms with Crippen molar-refractivity contribution < 1.29 is 0 Å². The Morgan fingerprint density at radius 1 is 1.38 bits per heavy atom. The molecule has 0 saturated heterocycles. The number of hydrogen-bond acceptors (Lipinski definition) is 3. The molecule has 0 aliphatic carbocycles. The van der Waals surface area contributed by atoms with Gasteiger partial charge in [-0.2, -0.15) is 9.98 Å². The van der Waals surface area contributed by atoms with Crippen molar-refractivity contribution >= 4 is 40.8 Å². The maximum atomic E-state index is 5.34. The highest BCUT2D eigenvalue weighted by Gasteiger charge is 1.93. The van der Waals surface area contributed by atoms with Crippen LogP contribution in [0.2, 0.25) is 0 Å². The number of hydrogen-bond donors (Lipinski definition) is 3. The number of thiazole rings is 1. The number of nitrogens with zero attached hydrogens (tertiary/aromatic N) is 3. The van der Waals surface area contributed by atoms with Crippen molar-refractivity contribution in [2.75, 3.05) is 0 Å². The molecule has 0 aliphatic heterocycles. The molecule has 0 amide bonds. The molecule has 1 heterocycles.